The summed E-state index contributed by atoms with van der Waals surface area (Å²) in [6.07, 6.45) is 2.82. The van der Waals surface area contributed by atoms with Crippen LogP contribution in [0.2, 0.25) is 0 Å². The molecule has 1 aromatic heterocycles. The highest BCUT2D eigenvalue weighted by molar-refractivity contribution is 7.09. The number of aromatic nitrogens is 1. The predicted molar refractivity (Wildman–Crippen MR) is 98.2 cm³/mol. The molecule has 1 saturated heterocycles. The number of hydrogen-bond acceptors (Lipinski definition) is 6. The van der Waals surface area contributed by atoms with E-state index >= 15 is 0 Å². The quantitative estimate of drug-likeness (QED) is 0.660. The molecule has 0 saturated carbocycles. The van der Waals surface area contributed by atoms with Gasteiger partial charge in [0.1, 0.15) is 5.69 Å². The zero-order valence-electron chi connectivity index (χ0n) is 13.2. The maximum atomic E-state index is 11.9. The van der Waals surface area contributed by atoms with Gasteiger partial charge in [-0.2, -0.15) is 0 Å². The smallest absolute Gasteiger partial charge is 0.270 e. The van der Waals surface area contributed by atoms with Crippen molar-refractivity contribution in [1.29, 1.82) is 0 Å². The molecule has 134 valence electrons. The SMILES string of the molecule is Cl.Cl.NCCc1nc(C(=O)NCCCCN2CCOCC2)cs1. The summed E-state index contributed by atoms with van der Waals surface area (Å²) in [6.45, 7) is 6.07. The lowest BCUT2D eigenvalue weighted by atomic mass is 10.2. The van der Waals surface area contributed by atoms with Crippen LogP contribution in [0.1, 0.15) is 28.3 Å². The van der Waals surface area contributed by atoms with Gasteiger partial charge in [0, 0.05) is 31.4 Å². The number of carbonyl (C=O) groups is 1. The first-order valence-corrected chi connectivity index (χ1v) is 8.40. The number of ether oxygens (including phenoxy) is 1. The molecule has 6 nitrogen and oxygen atoms in total. The highest BCUT2D eigenvalue weighted by atomic mass is 35.5. The lowest BCUT2D eigenvalue weighted by Crippen LogP contribution is -2.37. The number of nitrogens with zero attached hydrogens (tertiary/aromatic N) is 2. The Morgan fingerprint density at radius 2 is 2.09 bits per heavy atom. The Hall–Kier alpha value is -0.440. The van der Waals surface area contributed by atoms with Crippen molar-refractivity contribution in [2.75, 3.05) is 45.9 Å². The topological polar surface area (TPSA) is 80.5 Å². The van der Waals surface area contributed by atoms with Crippen molar-refractivity contribution in [2.45, 2.75) is 19.3 Å². The molecule has 0 spiro atoms. The summed E-state index contributed by atoms with van der Waals surface area (Å²) in [6, 6.07) is 0. The minimum atomic E-state index is -0.0825. The maximum absolute atomic E-state index is 11.9. The van der Waals surface area contributed by atoms with Crippen LogP contribution in [-0.4, -0.2) is 61.7 Å². The summed E-state index contributed by atoms with van der Waals surface area (Å²) in [5.74, 6) is -0.0825. The van der Waals surface area contributed by atoms with Gasteiger partial charge in [0.05, 0.1) is 18.2 Å². The number of rotatable bonds is 8. The van der Waals surface area contributed by atoms with Gasteiger partial charge in [0.25, 0.3) is 5.91 Å². The number of carbonyl (C=O) groups excluding carboxylic acids is 1. The Balaban J connectivity index is 0.00000242. The van der Waals surface area contributed by atoms with Crippen LogP contribution >= 0.6 is 36.2 Å². The van der Waals surface area contributed by atoms with Crippen LogP contribution < -0.4 is 11.1 Å². The summed E-state index contributed by atoms with van der Waals surface area (Å²) >= 11 is 1.49. The molecule has 1 aliphatic rings. The second kappa shape index (κ2) is 12.9. The third-order valence-corrected chi connectivity index (χ3v) is 4.34. The van der Waals surface area contributed by atoms with E-state index in [2.05, 4.69) is 15.2 Å². The number of halogens is 2. The number of thiazole rings is 1. The van der Waals surface area contributed by atoms with Crippen LogP contribution in [-0.2, 0) is 11.2 Å². The lowest BCUT2D eigenvalue weighted by Gasteiger charge is -2.26. The van der Waals surface area contributed by atoms with E-state index in [4.69, 9.17) is 10.5 Å². The number of unbranched alkanes of at least 4 members (excludes halogenated alkanes) is 1. The second-order valence-electron chi connectivity index (χ2n) is 5.08. The third kappa shape index (κ3) is 8.28. The number of nitrogens with one attached hydrogen (secondary N) is 1. The Morgan fingerprint density at radius 1 is 1.35 bits per heavy atom. The third-order valence-electron chi connectivity index (χ3n) is 3.43. The number of morpholine rings is 1. The molecular formula is C14H26Cl2N4O2S. The minimum Gasteiger partial charge on any atom is -0.379 e. The zero-order valence-corrected chi connectivity index (χ0v) is 15.6. The van der Waals surface area contributed by atoms with E-state index < -0.39 is 0 Å². The highest BCUT2D eigenvalue weighted by Crippen LogP contribution is 2.09. The molecule has 0 unspecified atom stereocenters. The molecule has 1 fully saturated rings. The van der Waals surface area contributed by atoms with Gasteiger partial charge in [-0.1, -0.05) is 0 Å². The Bertz CT molecular complexity index is 442. The van der Waals surface area contributed by atoms with Crippen LogP contribution in [0.5, 0.6) is 0 Å². The van der Waals surface area contributed by atoms with E-state index in [0.717, 1.165) is 57.1 Å². The molecule has 2 heterocycles. The monoisotopic (exact) mass is 384 g/mol. The maximum Gasteiger partial charge on any atom is 0.270 e. The lowest BCUT2D eigenvalue weighted by molar-refractivity contribution is 0.0372. The van der Waals surface area contributed by atoms with E-state index in [1.54, 1.807) is 5.38 Å². The highest BCUT2D eigenvalue weighted by Gasteiger charge is 2.11. The van der Waals surface area contributed by atoms with Gasteiger partial charge >= 0.3 is 0 Å². The van der Waals surface area contributed by atoms with Gasteiger partial charge in [-0.3, -0.25) is 9.69 Å². The van der Waals surface area contributed by atoms with Crippen molar-refractivity contribution < 1.29 is 9.53 Å². The molecule has 0 radical (unpaired) electrons. The fourth-order valence-corrected chi connectivity index (χ4v) is 3.03. The van der Waals surface area contributed by atoms with Gasteiger partial charge in [-0.25, -0.2) is 4.98 Å². The first kappa shape index (κ1) is 22.6. The molecule has 1 aliphatic heterocycles. The van der Waals surface area contributed by atoms with E-state index in [0.29, 0.717) is 18.8 Å². The Kier molecular flexibility index (Phi) is 12.7. The molecule has 0 aliphatic carbocycles. The average molecular weight is 385 g/mol. The van der Waals surface area contributed by atoms with Crippen LogP contribution in [0.25, 0.3) is 0 Å². The molecule has 23 heavy (non-hydrogen) atoms. The average Bonchev–Trinajstić information content (AvgIpc) is 2.97. The van der Waals surface area contributed by atoms with E-state index in [9.17, 15) is 4.79 Å². The summed E-state index contributed by atoms with van der Waals surface area (Å²) in [7, 11) is 0. The first-order valence-electron chi connectivity index (χ1n) is 7.52. The molecule has 2 rings (SSSR count). The van der Waals surface area contributed by atoms with Crippen molar-refractivity contribution in [3.63, 3.8) is 0 Å². The van der Waals surface area contributed by atoms with Crippen molar-refractivity contribution in [1.82, 2.24) is 15.2 Å². The van der Waals surface area contributed by atoms with Crippen LogP contribution in [0.15, 0.2) is 5.38 Å². The summed E-state index contributed by atoms with van der Waals surface area (Å²) in [4.78, 5) is 18.6. The molecule has 3 N–H and O–H groups in total. The fraction of sp³-hybridized carbons (Fsp3) is 0.714. The van der Waals surface area contributed by atoms with E-state index in [1.165, 1.54) is 11.3 Å². The molecule has 1 aromatic rings. The van der Waals surface area contributed by atoms with Crippen LogP contribution in [0, 0.1) is 0 Å². The zero-order chi connectivity index (χ0) is 14.9. The molecule has 0 atom stereocenters. The molecule has 9 heteroatoms. The van der Waals surface area contributed by atoms with Gasteiger partial charge in [0.15, 0.2) is 0 Å². The molecular weight excluding hydrogens is 359 g/mol. The second-order valence-corrected chi connectivity index (χ2v) is 6.02. The van der Waals surface area contributed by atoms with Crippen LogP contribution in [0.3, 0.4) is 0 Å². The Labute approximate surface area is 154 Å². The van der Waals surface area contributed by atoms with Gasteiger partial charge in [-0.05, 0) is 25.9 Å². The largest absolute Gasteiger partial charge is 0.379 e. The molecule has 0 bridgehead atoms. The Morgan fingerprint density at radius 3 is 2.78 bits per heavy atom. The van der Waals surface area contributed by atoms with Crippen molar-refractivity contribution in [3.8, 4) is 0 Å². The standard InChI is InChI=1S/C14H24N4O2S.2ClH/c15-4-3-13-17-12(11-21-13)14(19)16-5-1-2-6-18-7-9-20-10-8-18;;/h11H,1-10,15H2,(H,16,19);2*1H. The van der Waals surface area contributed by atoms with Crippen molar-refractivity contribution in [2.24, 2.45) is 5.73 Å². The van der Waals surface area contributed by atoms with Gasteiger partial charge < -0.3 is 15.8 Å². The van der Waals surface area contributed by atoms with E-state index in [-0.39, 0.29) is 30.7 Å². The fourth-order valence-electron chi connectivity index (χ4n) is 2.23. The van der Waals surface area contributed by atoms with Crippen molar-refractivity contribution in [3.05, 3.63) is 16.1 Å². The van der Waals surface area contributed by atoms with E-state index in [1.807, 2.05) is 0 Å². The number of nitrogens with two attached hydrogens (primary N) is 1. The first-order chi connectivity index (χ1) is 10.3. The summed E-state index contributed by atoms with van der Waals surface area (Å²) < 4.78 is 5.31. The minimum absolute atomic E-state index is 0. The molecule has 1 amide bonds. The predicted octanol–water partition coefficient (Wildman–Crippen LogP) is 1.33. The van der Waals surface area contributed by atoms with Gasteiger partial charge in [-0.15, -0.1) is 36.2 Å². The van der Waals surface area contributed by atoms with Gasteiger partial charge in [0.2, 0.25) is 0 Å². The summed E-state index contributed by atoms with van der Waals surface area (Å²) in [5.41, 5.74) is 5.99. The van der Waals surface area contributed by atoms with Crippen LogP contribution in [0.4, 0.5) is 0 Å². The van der Waals surface area contributed by atoms with Crippen molar-refractivity contribution >= 4 is 42.1 Å². The summed E-state index contributed by atoms with van der Waals surface area (Å²) in [5, 5.41) is 5.65. The molecule has 0 aromatic carbocycles. The normalized spacial score (nSPS) is 14.7. The number of hydrogen-bond donors (Lipinski definition) is 2. The number of amides is 1.